The van der Waals surface area contributed by atoms with Crippen LogP contribution in [0.1, 0.15) is 11.1 Å². The number of hydrogen-bond acceptors (Lipinski definition) is 4. The molecule has 1 aromatic heterocycles. The number of aryl methyl sites for hydroxylation is 1. The Morgan fingerprint density at radius 1 is 1.09 bits per heavy atom. The van der Waals surface area contributed by atoms with Gasteiger partial charge in [-0.3, -0.25) is 0 Å². The summed E-state index contributed by atoms with van der Waals surface area (Å²) in [5.74, 6) is 0. The maximum atomic E-state index is 12.1. The first-order valence-corrected chi connectivity index (χ1v) is 9.00. The van der Waals surface area contributed by atoms with Gasteiger partial charge < -0.3 is 0 Å². The van der Waals surface area contributed by atoms with Gasteiger partial charge in [0.05, 0.1) is 11.1 Å². The summed E-state index contributed by atoms with van der Waals surface area (Å²) in [6.45, 7) is 1.91. The van der Waals surface area contributed by atoms with E-state index in [1.165, 1.54) is 6.21 Å². The molecule has 6 heteroatoms. The number of sulfonamides is 1. The van der Waals surface area contributed by atoms with Gasteiger partial charge in [-0.2, -0.15) is 13.5 Å². The maximum absolute atomic E-state index is 12.1. The molecule has 1 heterocycles. The van der Waals surface area contributed by atoms with Crippen molar-refractivity contribution in [1.82, 2.24) is 4.83 Å². The lowest BCUT2D eigenvalue weighted by Crippen LogP contribution is -2.18. The van der Waals surface area contributed by atoms with Crippen molar-refractivity contribution < 1.29 is 8.42 Å². The van der Waals surface area contributed by atoms with Crippen LogP contribution in [0.5, 0.6) is 0 Å². The highest BCUT2D eigenvalue weighted by molar-refractivity contribution is 7.89. The first kappa shape index (κ1) is 14.7. The summed E-state index contributed by atoms with van der Waals surface area (Å²) in [6.07, 6.45) is 1.53. The Labute approximate surface area is 133 Å². The Morgan fingerprint density at radius 3 is 2.59 bits per heavy atom. The molecule has 0 bridgehead atoms. The van der Waals surface area contributed by atoms with E-state index in [0.29, 0.717) is 0 Å². The Hall–Kier alpha value is -2.18. The number of fused-ring (bicyclic) bond motifs is 1. The van der Waals surface area contributed by atoms with Gasteiger partial charge in [0.15, 0.2) is 0 Å². The molecule has 0 radical (unpaired) electrons. The minimum absolute atomic E-state index is 0.199. The largest absolute Gasteiger partial charge is 0.276 e. The smallest absolute Gasteiger partial charge is 0.200 e. The fraction of sp³-hybridized carbons (Fsp3) is 0.0625. The van der Waals surface area contributed by atoms with Crippen molar-refractivity contribution in [2.75, 3.05) is 0 Å². The Bertz CT molecular complexity index is 926. The molecule has 4 nitrogen and oxygen atoms in total. The van der Waals surface area contributed by atoms with Crippen LogP contribution in [0.15, 0.2) is 63.9 Å². The fourth-order valence-corrected chi connectivity index (χ4v) is 3.74. The zero-order valence-corrected chi connectivity index (χ0v) is 13.5. The van der Waals surface area contributed by atoms with Crippen LogP contribution in [0.3, 0.4) is 0 Å². The minimum atomic E-state index is -3.63. The highest BCUT2D eigenvalue weighted by Gasteiger charge is 2.11. The molecule has 0 saturated carbocycles. The monoisotopic (exact) mass is 330 g/mol. The summed E-state index contributed by atoms with van der Waals surface area (Å²) in [5.41, 5.74) is 1.90. The molecule has 3 rings (SSSR count). The van der Waals surface area contributed by atoms with E-state index in [0.717, 1.165) is 21.2 Å². The van der Waals surface area contributed by atoms with Gasteiger partial charge in [0.2, 0.25) is 0 Å². The van der Waals surface area contributed by atoms with Gasteiger partial charge in [-0.15, -0.1) is 11.3 Å². The molecule has 0 aliphatic heterocycles. The molecular weight excluding hydrogens is 316 g/mol. The molecule has 3 aromatic rings. The molecule has 0 spiro atoms. The van der Waals surface area contributed by atoms with Crippen molar-refractivity contribution in [1.29, 1.82) is 0 Å². The Balaban J connectivity index is 1.80. The van der Waals surface area contributed by atoms with Crippen LogP contribution in [-0.4, -0.2) is 14.6 Å². The molecule has 112 valence electrons. The lowest BCUT2D eigenvalue weighted by molar-refractivity contribution is 0.584. The molecular formula is C16H14N2O2S2. The van der Waals surface area contributed by atoms with Crippen molar-refractivity contribution in [3.63, 3.8) is 0 Å². The van der Waals surface area contributed by atoms with Crippen LogP contribution in [0.2, 0.25) is 0 Å². The summed E-state index contributed by atoms with van der Waals surface area (Å²) < 4.78 is 25.4. The van der Waals surface area contributed by atoms with E-state index < -0.39 is 10.0 Å². The number of benzene rings is 2. The molecule has 22 heavy (non-hydrogen) atoms. The normalized spacial score (nSPS) is 12.0. The van der Waals surface area contributed by atoms with Gasteiger partial charge in [-0.25, -0.2) is 4.83 Å². The first-order chi connectivity index (χ1) is 10.6. The third-order valence-electron chi connectivity index (χ3n) is 3.22. The summed E-state index contributed by atoms with van der Waals surface area (Å²) >= 11 is 1.60. The zero-order chi connectivity index (χ0) is 15.6. The SMILES string of the molecule is Cc1ccc(S(=O)(=O)N/N=C/c2csc3ccccc23)cc1. The van der Waals surface area contributed by atoms with E-state index in [-0.39, 0.29) is 4.90 Å². The van der Waals surface area contributed by atoms with Crippen LogP contribution in [0.4, 0.5) is 0 Å². The van der Waals surface area contributed by atoms with Crippen LogP contribution in [-0.2, 0) is 10.0 Å². The molecule has 0 amide bonds. The van der Waals surface area contributed by atoms with Crippen LogP contribution >= 0.6 is 11.3 Å². The van der Waals surface area contributed by atoms with Crippen molar-refractivity contribution in [3.8, 4) is 0 Å². The van der Waals surface area contributed by atoms with Gasteiger partial charge >= 0.3 is 0 Å². The van der Waals surface area contributed by atoms with Gasteiger partial charge in [0.25, 0.3) is 10.0 Å². The van der Waals surface area contributed by atoms with E-state index in [4.69, 9.17) is 0 Å². The predicted molar refractivity (Wildman–Crippen MR) is 90.9 cm³/mol. The summed E-state index contributed by atoms with van der Waals surface area (Å²) in [4.78, 5) is 2.44. The van der Waals surface area contributed by atoms with Crippen LogP contribution < -0.4 is 4.83 Å². The number of hydrazone groups is 1. The summed E-state index contributed by atoms with van der Waals surface area (Å²) in [7, 11) is -3.63. The summed E-state index contributed by atoms with van der Waals surface area (Å²) in [6, 6.07) is 14.6. The van der Waals surface area contributed by atoms with Crippen molar-refractivity contribution in [2.24, 2.45) is 5.10 Å². The molecule has 0 fully saturated rings. The number of hydrogen-bond donors (Lipinski definition) is 1. The fourth-order valence-electron chi connectivity index (χ4n) is 2.03. The first-order valence-electron chi connectivity index (χ1n) is 6.64. The van der Waals surface area contributed by atoms with Crippen molar-refractivity contribution in [2.45, 2.75) is 11.8 Å². The second-order valence-electron chi connectivity index (χ2n) is 4.85. The quantitative estimate of drug-likeness (QED) is 0.588. The highest BCUT2D eigenvalue weighted by Crippen LogP contribution is 2.24. The molecule has 0 atom stereocenters. The third kappa shape index (κ3) is 3.03. The van der Waals surface area contributed by atoms with Gasteiger partial charge in [-0.1, -0.05) is 35.9 Å². The van der Waals surface area contributed by atoms with E-state index >= 15 is 0 Å². The van der Waals surface area contributed by atoms with Gasteiger partial charge in [0, 0.05) is 21.0 Å². The molecule has 0 aliphatic rings. The predicted octanol–water partition coefficient (Wildman–Crippen LogP) is 3.52. The van der Waals surface area contributed by atoms with Gasteiger partial charge in [-0.05, 0) is 25.1 Å². The Morgan fingerprint density at radius 2 is 1.82 bits per heavy atom. The van der Waals surface area contributed by atoms with Gasteiger partial charge in [0.1, 0.15) is 0 Å². The summed E-state index contributed by atoms with van der Waals surface area (Å²) in [5, 5.41) is 6.89. The standard InChI is InChI=1S/C16H14N2O2S2/c1-12-6-8-14(9-7-12)22(19,20)18-17-10-13-11-21-16-5-3-2-4-15(13)16/h2-11,18H,1H3/b17-10+. The number of nitrogens with zero attached hydrogens (tertiary/aromatic N) is 1. The molecule has 0 aliphatic carbocycles. The van der Waals surface area contributed by atoms with E-state index in [1.54, 1.807) is 35.6 Å². The number of thiophene rings is 1. The van der Waals surface area contributed by atoms with Crippen molar-refractivity contribution >= 4 is 37.7 Å². The second-order valence-corrected chi connectivity index (χ2v) is 7.43. The van der Waals surface area contributed by atoms with Crippen LogP contribution in [0.25, 0.3) is 10.1 Å². The number of rotatable bonds is 4. The molecule has 2 aromatic carbocycles. The van der Waals surface area contributed by atoms with Crippen LogP contribution in [0, 0.1) is 6.92 Å². The highest BCUT2D eigenvalue weighted by atomic mass is 32.2. The van der Waals surface area contributed by atoms with E-state index in [2.05, 4.69) is 9.93 Å². The number of nitrogens with one attached hydrogen (secondary N) is 1. The van der Waals surface area contributed by atoms with E-state index in [9.17, 15) is 8.42 Å². The van der Waals surface area contributed by atoms with Crippen molar-refractivity contribution in [3.05, 3.63) is 65.0 Å². The van der Waals surface area contributed by atoms with E-state index in [1.807, 2.05) is 36.6 Å². The lowest BCUT2D eigenvalue weighted by atomic mass is 10.2. The average molecular weight is 330 g/mol. The molecule has 1 N–H and O–H groups in total. The lowest BCUT2D eigenvalue weighted by Gasteiger charge is -2.03. The topological polar surface area (TPSA) is 58.5 Å². The second kappa shape index (κ2) is 5.90. The third-order valence-corrected chi connectivity index (χ3v) is 5.44. The zero-order valence-electron chi connectivity index (χ0n) is 11.9. The Kier molecular flexibility index (Phi) is 3.96. The maximum Gasteiger partial charge on any atom is 0.276 e. The molecule has 0 unspecified atom stereocenters. The minimum Gasteiger partial charge on any atom is -0.200 e. The average Bonchev–Trinajstić information content (AvgIpc) is 2.91. The molecule has 0 saturated heterocycles.